The van der Waals surface area contributed by atoms with Gasteiger partial charge in [-0.05, 0) is 25.2 Å². The first-order valence-corrected chi connectivity index (χ1v) is 9.29. The minimum Gasteiger partial charge on any atom is -0.366 e. The van der Waals surface area contributed by atoms with Crippen molar-refractivity contribution in [3.63, 3.8) is 0 Å². The summed E-state index contributed by atoms with van der Waals surface area (Å²) < 4.78 is 27.8. The summed E-state index contributed by atoms with van der Waals surface area (Å²) in [4.78, 5) is 12.2. The molecule has 1 N–H and O–H groups in total. The van der Waals surface area contributed by atoms with Crippen molar-refractivity contribution in [3.8, 4) is 0 Å². The SMILES string of the molecule is CCCCC1CCC(NC(=O)C2(OC)CS(=O)(=O)C2)C1. The molecule has 0 spiro atoms. The third-order valence-corrected chi connectivity index (χ3v) is 6.37. The number of ether oxygens (including phenoxy) is 1. The van der Waals surface area contributed by atoms with E-state index in [4.69, 9.17) is 4.74 Å². The monoisotopic (exact) mass is 303 g/mol. The first kappa shape index (κ1) is 15.8. The smallest absolute Gasteiger partial charge is 0.254 e. The van der Waals surface area contributed by atoms with E-state index >= 15 is 0 Å². The van der Waals surface area contributed by atoms with Gasteiger partial charge in [0.15, 0.2) is 15.4 Å². The van der Waals surface area contributed by atoms with Gasteiger partial charge in [-0.3, -0.25) is 4.79 Å². The van der Waals surface area contributed by atoms with Crippen molar-refractivity contribution in [2.75, 3.05) is 18.6 Å². The minimum atomic E-state index is -3.09. The zero-order valence-electron chi connectivity index (χ0n) is 12.4. The number of amides is 1. The molecule has 0 aromatic heterocycles. The van der Waals surface area contributed by atoms with E-state index in [9.17, 15) is 13.2 Å². The van der Waals surface area contributed by atoms with E-state index in [2.05, 4.69) is 12.2 Å². The van der Waals surface area contributed by atoms with Crippen LogP contribution in [-0.2, 0) is 19.4 Å². The zero-order chi connectivity index (χ0) is 14.8. The second-order valence-electron chi connectivity index (χ2n) is 6.22. The Morgan fingerprint density at radius 1 is 1.35 bits per heavy atom. The summed E-state index contributed by atoms with van der Waals surface area (Å²) in [6.07, 6.45) is 6.84. The highest BCUT2D eigenvalue weighted by molar-refractivity contribution is 7.93. The third kappa shape index (κ3) is 3.34. The number of nitrogens with one attached hydrogen (secondary N) is 1. The van der Waals surface area contributed by atoms with Crippen LogP contribution >= 0.6 is 0 Å². The lowest BCUT2D eigenvalue weighted by molar-refractivity contribution is -0.140. The highest BCUT2D eigenvalue weighted by Crippen LogP contribution is 2.32. The predicted molar refractivity (Wildman–Crippen MR) is 77.2 cm³/mol. The second kappa shape index (κ2) is 6.02. The number of hydrogen-bond acceptors (Lipinski definition) is 4. The predicted octanol–water partition coefficient (Wildman–Crippen LogP) is 1.28. The van der Waals surface area contributed by atoms with Crippen molar-refractivity contribution in [1.29, 1.82) is 0 Å². The summed E-state index contributed by atoms with van der Waals surface area (Å²) in [7, 11) is -1.68. The van der Waals surface area contributed by atoms with Crippen molar-refractivity contribution < 1.29 is 17.9 Å². The molecule has 6 heteroatoms. The molecule has 20 heavy (non-hydrogen) atoms. The molecule has 1 saturated heterocycles. The largest absolute Gasteiger partial charge is 0.366 e. The molecule has 0 radical (unpaired) electrons. The van der Waals surface area contributed by atoms with Gasteiger partial charge in [-0.15, -0.1) is 0 Å². The maximum Gasteiger partial charge on any atom is 0.254 e. The van der Waals surface area contributed by atoms with Crippen LogP contribution in [0.5, 0.6) is 0 Å². The Kier molecular flexibility index (Phi) is 4.74. The van der Waals surface area contributed by atoms with Crippen molar-refractivity contribution in [2.45, 2.75) is 57.1 Å². The summed E-state index contributed by atoms with van der Waals surface area (Å²) in [5.41, 5.74) is -1.14. The van der Waals surface area contributed by atoms with E-state index in [1.165, 1.54) is 26.4 Å². The van der Waals surface area contributed by atoms with E-state index in [0.29, 0.717) is 5.92 Å². The maximum atomic E-state index is 12.2. The van der Waals surface area contributed by atoms with E-state index < -0.39 is 15.4 Å². The van der Waals surface area contributed by atoms with Crippen LogP contribution in [0.25, 0.3) is 0 Å². The van der Waals surface area contributed by atoms with Crippen LogP contribution in [0.3, 0.4) is 0 Å². The van der Waals surface area contributed by atoms with Gasteiger partial charge in [0.1, 0.15) is 0 Å². The van der Waals surface area contributed by atoms with Gasteiger partial charge >= 0.3 is 0 Å². The molecule has 0 aromatic rings. The lowest BCUT2D eigenvalue weighted by Gasteiger charge is -2.38. The minimum absolute atomic E-state index is 0.180. The average Bonchev–Trinajstić information content (AvgIpc) is 2.80. The van der Waals surface area contributed by atoms with Crippen LogP contribution in [0.15, 0.2) is 0 Å². The fourth-order valence-electron chi connectivity index (χ4n) is 3.29. The third-order valence-electron chi connectivity index (χ3n) is 4.55. The fourth-order valence-corrected chi connectivity index (χ4v) is 5.12. The van der Waals surface area contributed by atoms with Crippen LogP contribution in [0, 0.1) is 5.92 Å². The van der Waals surface area contributed by atoms with E-state index in [-0.39, 0.29) is 23.5 Å². The average molecular weight is 303 g/mol. The molecule has 1 aliphatic carbocycles. The molecule has 5 nitrogen and oxygen atoms in total. The van der Waals surface area contributed by atoms with Gasteiger partial charge < -0.3 is 10.1 Å². The van der Waals surface area contributed by atoms with Crippen LogP contribution < -0.4 is 5.32 Å². The molecule has 1 aliphatic heterocycles. The summed E-state index contributed by atoms with van der Waals surface area (Å²) >= 11 is 0. The lowest BCUT2D eigenvalue weighted by Crippen LogP contribution is -2.65. The van der Waals surface area contributed by atoms with Gasteiger partial charge in [0.2, 0.25) is 0 Å². The number of unbranched alkanes of at least 4 members (excludes halogenated alkanes) is 1. The number of carbonyl (C=O) groups is 1. The molecule has 0 bridgehead atoms. The summed E-state index contributed by atoms with van der Waals surface area (Å²) in [6.45, 7) is 2.19. The lowest BCUT2D eigenvalue weighted by atomic mass is 10.0. The molecule has 2 rings (SSSR count). The van der Waals surface area contributed by atoms with E-state index in [1.54, 1.807) is 0 Å². The first-order valence-electron chi connectivity index (χ1n) is 7.47. The van der Waals surface area contributed by atoms with Crippen LogP contribution in [0.2, 0.25) is 0 Å². The molecule has 2 aliphatic rings. The molecule has 0 aromatic carbocycles. The molecule has 1 heterocycles. The Balaban J connectivity index is 1.83. The number of rotatable bonds is 6. The molecular weight excluding hydrogens is 278 g/mol. The summed E-state index contributed by atoms with van der Waals surface area (Å²) in [5.74, 6) is 0.0719. The van der Waals surface area contributed by atoms with Gasteiger partial charge in [-0.25, -0.2) is 8.42 Å². The summed E-state index contributed by atoms with van der Waals surface area (Å²) in [5, 5.41) is 2.99. The Hall–Kier alpha value is -0.620. The van der Waals surface area contributed by atoms with Gasteiger partial charge in [-0.2, -0.15) is 0 Å². The Labute approximate surface area is 121 Å². The Morgan fingerprint density at radius 3 is 2.60 bits per heavy atom. The molecular formula is C14H25NO4S. The van der Waals surface area contributed by atoms with Crippen molar-refractivity contribution in [3.05, 3.63) is 0 Å². The quantitative estimate of drug-likeness (QED) is 0.802. The Morgan fingerprint density at radius 2 is 2.05 bits per heavy atom. The normalized spacial score (nSPS) is 30.7. The zero-order valence-corrected chi connectivity index (χ0v) is 13.2. The highest BCUT2D eigenvalue weighted by atomic mass is 32.2. The maximum absolute atomic E-state index is 12.2. The number of sulfone groups is 1. The van der Waals surface area contributed by atoms with Crippen LogP contribution in [-0.4, -0.2) is 44.6 Å². The van der Waals surface area contributed by atoms with Gasteiger partial charge in [0.25, 0.3) is 5.91 Å². The number of methoxy groups -OCH3 is 1. The molecule has 1 amide bonds. The molecule has 2 fully saturated rings. The highest BCUT2D eigenvalue weighted by Gasteiger charge is 2.55. The Bertz CT molecular complexity index is 448. The van der Waals surface area contributed by atoms with Crippen molar-refractivity contribution in [2.24, 2.45) is 5.92 Å². The standard InChI is InChI=1S/C14H25NO4S/c1-3-4-5-11-6-7-12(8-11)15-13(16)14(19-2)9-20(17,18)10-14/h11-12H,3-10H2,1-2H3,(H,15,16). The molecule has 116 valence electrons. The van der Waals surface area contributed by atoms with E-state index in [1.807, 2.05) is 0 Å². The van der Waals surface area contributed by atoms with Gasteiger partial charge in [-0.1, -0.05) is 26.2 Å². The van der Waals surface area contributed by atoms with Crippen molar-refractivity contribution >= 4 is 15.7 Å². The van der Waals surface area contributed by atoms with Crippen molar-refractivity contribution in [1.82, 2.24) is 5.32 Å². The second-order valence-corrected chi connectivity index (χ2v) is 8.29. The van der Waals surface area contributed by atoms with Crippen LogP contribution in [0.4, 0.5) is 0 Å². The summed E-state index contributed by atoms with van der Waals surface area (Å²) in [6, 6.07) is 0.180. The number of carbonyl (C=O) groups excluding carboxylic acids is 1. The van der Waals surface area contributed by atoms with E-state index in [0.717, 1.165) is 19.3 Å². The molecule has 1 saturated carbocycles. The van der Waals surface area contributed by atoms with Gasteiger partial charge in [0.05, 0.1) is 11.5 Å². The van der Waals surface area contributed by atoms with Crippen LogP contribution in [0.1, 0.15) is 45.4 Å². The number of hydrogen-bond donors (Lipinski definition) is 1. The fraction of sp³-hybridized carbons (Fsp3) is 0.929. The van der Waals surface area contributed by atoms with Gasteiger partial charge in [0, 0.05) is 13.2 Å². The molecule has 2 atom stereocenters. The first-order chi connectivity index (χ1) is 9.41. The topological polar surface area (TPSA) is 72.5 Å². The molecule has 2 unspecified atom stereocenters.